The molecule has 0 saturated heterocycles. The van der Waals surface area contributed by atoms with Gasteiger partial charge in [0, 0.05) is 21.8 Å². The van der Waals surface area contributed by atoms with Crippen molar-refractivity contribution < 1.29 is 4.74 Å². The minimum absolute atomic E-state index is 0.640. The van der Waals surface area contributed by atoms with Gasteiger partial charge in [0.15, 0.2) is 0 Å². The van der Waals surface area contributed by atoms with Crippen LogP contribution in [0, 0.1) is 0 Å². The van der Waals surface area contributed by atoms with Crippen molar-refractivity contribution in [2.75, 3.05) is 12.8 Å². The number of hydrogen-bond donors (Lipinski definition) is 1. The highest BCUT2D eigenvalue weighted by Gasteiger charge is 2.23. The van der Waals surface area contributed by atoms with E-state index in [0.717, 1.165) is 39.6 Å². The number of hydrogen-bond acceptors (Lipinski definition) is 3. The van der Waals surface area contributed by atoms with Gasteiger partial charge in [-0.25, -0.2) is 4.68 Å². The Morgan fingerprint density at radius 2 is 2.05 bits per heavy atom. The van der Waals surface area contributed by atoms with E-state index in [1.54, 1.807) is 7.11 Å². The van der Waals surface area contributed by atoms with Gasteiger partial charge in [-0.3, -0.25) is 0 Å². The third-order valence-electron chi connectivity index (χ3n) is 3.41. The number of nitrogen functional groups attached to an aromatic ring is 1. The van der Waals surface area contributed by atoms with Gasteiger partial charge in [0.05, 0.1) is 17.3 Å². The van der Waals surface area contributed by atoms with Crippen LogP contribution in [0.3, 0.4) is 0 Å². The smallest absolute Gasteiger partial charge is 0.149 e. The van der Waals surface area contributed by atoms with Crippen molar-refractivity contribution in [3.8, 4) is 11.4 Å². The average Bonchev–Trinajstić information content (AvgIpc) is 2.95. The lowest BCUT2D eigenvalue weighted by molar-refractivity contribution is 0.411. The fraction of sp³-hybridized carbons (Fsp3) is 0.308. The molecule has 4 nitrogen and oxygen atoms in total. The molecular formula is C13H13Br2N3O. The fourth-order valence-electron chi connectivity index (χ4n) is 2.50. The first-order chi connectivity index (χ1) is 9.11. The van der Waals surface area contributed by atoms with E-state index in [9.17, 15) is 0 Å². The summed E-state index contributed by atoms with van der Waals surface area (Å²) in [5, 5.41) is 4.46. The first-order valence-corrected chi connectivity index (χ1v) is 7.60. The molecule has 0 unspecified atom stereocenters. The molecule has 1 heterocycles. The molecule has 0 radical (unpaired) electrons. The Hall–Kier alpha value is -1.01. The maximum atomic E-state index is 5.99. The Balaban J connectivity index is 2.20. The predicted molar refractivity (Wildman–Crippen MR) is 82.0 cm³/mol. The maximum absolute atomic E-state index is 5.99. The van der Waals surface area contributed by atoms with Gasteiger partial charge >= 0.3 is 0 Å². The molecule has 6 heteroatoms. The van der Waals surface area contributed by atoms with Gasteiger partial charge in [0.1, 0.15) is 11.6 Å². The first-order valence-electron chi connectivity index (χ1n) is 6.01. The average molecular weight is 387 g/mol. The number of benzene rings is 1. The fourth-order valence-corrected chi connectivity index (χ4v) is 3.83. The third-order valence-corrected chi connectivity index (χ3v) is 4.67. The molecule has 0 amide bonds. The van der Waals surface area contributed by atoms with Crippen LogP contribution in [-0.2, 0) is 12.8 Å². The topological polar surface area (TPSA) is 53.1 Å². The molecule has 2 N–H and O–H groups in total. The third kappa shape index (κ3) is 2.07. The van der Waals surface area contributed by atoms with E-state index in [2.05, 4.69) is 37.0 Å². The number of anilines is 1. The normalized spacial score (nSPS) is 13.6. The number of ether oxygens (including phenoxy) is 1. The molecule has 0 spiro atoms. The zero-order valence-electron chi connectivity index (χ0n) is 10.4. The summed E-state index contributed by atoms with van der Waals surface area (Å²) in [6.45, 7) is 0. The van der Waals surface area contributed by atoms with Crippen LogP contribution in [0.4, 0.5) is 5.82 Å². The van der Waals surface area contributed by atoms with Gasteiger partial charge in [-0.2, -0.15) is 5.10 Å². The Labute approximate surface area is 128 Å². The lowest BCUT2D eigenvalue weighted by Gasteiger charge is -2.11. The molecule has 0 fully saturated rings. The van der Waals surface area contributed by atoms with Gasteiger partial charge in [-0.1, -0.05) is 0 Å². The van der Waals surface area contributed by atoms with Crippen LogP contribution in [0.25, 0.3) is 5.69 Å². The van der Waals surface area contributed by atoms with E-state index in [0.29, 0.717) is 5.82 Å². The molecule has 1 aromatic heterocycles. The Bertz CT molecular complexity index is 652. The zero-order chi connectivity index (χ0) is 13.6. The highest BCUT2D eigenvalue weighted by molar-refractivity contribution is 9.11. The molecule has 0 bridgehead atoms. The van der Waals surface area contributed by atoms with Crippen molar-refractivity contribution in [3.05, 3.63) is 32.3 Å². The van der Waals surface area contributed by atoms with E-state index >= 15 is 0 Å². The number of rotatable bonds is 2. The van der Waals surface area contributed by atoms with Gasteiger partial charge in [-0.05, 0) is 57.2 Å². The maximum Gasteiger partial charge on any atom is 0.149 e. The van der Waals surface area contributed by atoms with Crippen LogP contribution in [0.1, 0.15) is 17.7 Å². The minimum atomic E-state index is 0.640. The van der Waals surface area contributed by atoms with Crippen LogP contribution in [0.5, 0.6) is 5.75 Å². The van der Waals surface area contributed by atoms with Gasteiger partial charge in [-0.15, -0.1) is 0 Å². The van der Waals surface area contributed by atoms with Gasteiger partial charge < -0.3 is 10.5 Å². The second-order valence-electron chi connectivity index (χ2n) is 4.51. The Morgan fingerprint density at radius 3 is 2.79 bits per heavy atom. The second-order valence-corrected chi connectivity index (χ2v) is 6.22. The summed E-state index contributed by atoms with van der Waals surface area (Å²) in [4.78, 5) is 0. The lowest BCUT2D eigenvalue weighted by Crippen LogP contribution is -2.03. The number of methoxy groups -OCH3 is 1. The summed E-state index contributed by atoms with van der Waals surface area (Å²) in [6.07, 6.45) is 3.18. The highest BCUT2D eigenvalue weighted by Crippen LogP contribution is 2.36. The Kier molecular flexibility index (Phi) is 3.30. The van der Waals surface area contributed by atoms with Gasteiger partial charge in [0.2, 0.25) is 0 Å². The standard InChI is InChI=1S/C13H13Br2N3O/c1-19-12-6-11(8(14)5-9(12)15)18-10-4-2-3-7(10)13(16)17-18/h5-6H,2-4H2,1H3,(H2,16,17). The van der Waals surface area contributed by atoms with Crippen LogP contribution in [-0.4, -0.2) is 16.9 Å². The summed E-state index contributed by atoms with van der Waals surface area (Å²) < 4.78 is 9.14. The van der Waals surface area contributed by atoms with Crippen molar-refractivity contribution in [2.45, 2.75) is 19.3 Å². The molecule has 1 aliphatic rings. The molecule has 0 aliphatic heterocycles. The molecular weight excluding hydrogens is 374 g/mol. The molecule has 1 aliphatic carbocycles. The SMILES string of the molecule is COc1cc(-n2nc(N)c3c2CCC3)c(Br)cc1Br. The number of halogens is 2. The summed E-state index contributed by atoms with van der Waals surface area (Å²) in [5.74, 6) is 1.42. The zero-order valence-corrected chi connectivity index (χ0v) is 13.6. The first kappa shape index (κ1) is 13.0. The predicted octanol–water partition coefficient (Wildman–Crippen LogP) is 3.48. The van der Waals surface area contributed by atoms with Gasteiger partial charge in [0.25, 0.3) is 0 Å². The largest absolute Gasteiger partial charge is 0.495 e. The van der Waals surface area contributed by atoms with E-state index in [-0.39, 0.29) is 0 Å². The van der Waals surface area contributed by atoms with Crippen LogP contribution in [0.15, 0.2) is 21.1 Å². The van der Waals surface area contributed by atoms with Crippen LogP contribution >= 0.6 is 31.9 Å². The van der Waals surface area contributed by atoms with Crippen LogP contribution < -0.4 is 10.5 Å². The van der Waals surface area contributed by atoms with Crippen molar-refractivity contribution in [1.82, 2.24) is 9.78 Å². The summed E-state index contributed by atoms with van der Waals surface area (Å²) in [6, 6.07) is 3.92. The second kappa shape index (κ2) is 4.83. The van der Waals surface area contributed by atoms with Crippen molar-refractivity contribution >= 4 is 37.7 Å². The molecule has 0 saturated carbocycles. The van der Waals surface area contributed by atoms with Crippen molar-refractivity contribution in [2.24, 2.45) is 0 Å². The molecule has 1 aromatic carbocycles. The Morgan fingerprint density at radius 1 is 1.26 bits per heavy atom. The van der Waals surface area contributed by atoms with Crippen LogP contribution in [0.2, 0.25) is 0 Å². The van der Waals surface area contributed by atoms with E-state index in [1.807, 2.05) is 16.8 Å². The molecule has 19 heavy (non-hydrogen) atoms. The lowest BCUT2D eigenvalue weighted by atomic mass is 10.2. The molecule has 100 valence electrons. The monoisotopic (exact) mass is 385 g/mol. The van der Waals surface area contributed by atoms with E-state index in [1.165, 1.54) is 11.3 Å². The van der Waals surface area contributed by atoms with Crippen molar-refractivity contribution in [1.29, 1.82) is 0 Å². The summed E-state index contributed by atoms with van der Waals surface area (Å²) >= 11 is 7.05. The van der Waals surface area contributed by atoms with E-state index < -0.39 is 0 Å². The number of aromatic nitrogens is 2. The number of nitrogens with zero attached hydrogens (tertiary/aromatic N) is 2. The number of fused-ring (bicyclic) bond motifs is 1. The van der Waals surface area contributed by atoms with Crippen molar-refractivity contribution in [3.63, 3.8) is 0 Å². The summed E-state index contributed by atoms with van der Waals surface area (Å²) in [5.41, 5.74) is 9.35. The summed E-state index contributed by atoms with van der Waals surface area (Å²) in [7, 11) is 1.65. The quantitative estimate of drug-likeness (QED) is 0.859. The molecule has 3 rings (SSSR count). The molecule has 2 aromatic rings. The van der Waals surface area contributed by atoms with E-state index in [4.69, 9.17) is 10.5 Å². The number of nitrogens with two attached hydrogens (primary N) is 1. The highest BCUT2D eigenvalue weighted by atomic mass is 79.9. The minimum Gasteiger partial charge on any atom is -0.495 e. The molecule has 0 atom stereocenters.